The maximum absolute atomic E-state index is 10.2. The van der Waals surface area contributed by atoms with Crippen LogP contribution in [0.15, 0.2) is 54.6 Å². The van der Waals surface area contributed by atoms with Crippen molar-refractivity contribution in [3.63, 3.8) is 0 Å². The lowest BCUT2D eigenvalue weighted by Gasteiger charge is -2.16. The molecule has 112 valence electrons. The van der Waals surface area contributed by atoms with Crippen molar-refractivity contribution in [3.8, 4) is 5.75 Å². The summed E-state index contributed by atoms with van der Waals surface area (Å²) >= 11 is 0. The van der Waals surface area contributed by atoms with Crippen molar-refractivity contribution in [2.24, 2.45) is 0 Å². The summed E-state index contributed by atoms with van der Waals surface area (Å²) in [5.41, 5.74) is 2.18. The molecule has 0 saturated carbocycles. The molecule has 2 rings (SSSR count). The van der Waals surface area contributed by atoms with Crippen molar-refractivity contribution in [2.45, 2.75) is 18.9 Å². The molecule has 0 aliphatic carbocycles. The number of aliphatic hydroxyl groups is 1. The number of hydrogen-bond donors (Lipinski definition) is 2. The second kappa shape index (κ2) is 7.81. The third-order valence-corrected chi connectivity index (χ3v) is 3.64. The molecule has 3 nitrogen and oxygen atoms in total. The molecule has 0 amide bonds. The second-order valence-corrected chi connectivity index (χ2v) is 5.26. The normalized spacial score (nSPS) is 13.7. The Hall–Kier alpha value is -1.84. The third kappa shape index (κ3) is 4.59. The van der Waals surface area contributed by atoms with Crippen LogP contribution in [-0.2, 0) is 0 Å². The summed E-state index contributed by atoms with van der Waals surface area (Å²) in [6, 6.07) is 17.9. The summed E-state index contributed by atoms with van der Waals surface area (Å²) in [6.07, 6.45) is -0.525. The van der Waals surface area contributed by atoms with E-state index in [9.17, 15) is 5.11 Å². The van der Waals surface area contributed by atoms with Gasteiger partial charge in [-0.2, -0.15) is 0 Å². The quantitative estimate of drug-likeness (QED) is 0.821. The van der Waals surface area contributed by atoms with Crippen LogP contribution in [0.4, 0.5) is 0 Å². The van der Waals surface area contributed by atoms with Crippen LogP contribution in [0.25, 0.3) is 0 Å². The van der Waals surface area contributed by atoms with Crippen LogP contribution in [0.5, 0.6) is 5.75 Å². The van der Waals surface area contributed by atoms with Crippen LogP contribution in [-0.4, -0.2) is 25.3 Å². The number of nitrogens with one attached hydrogen (secondary N) is 1. The molecule has 0 radical (unpaired) electrons. The number of hydrogen-bond acceptors (Lipinski definition) is 3. The maximum atomic E-state index is 10.2. The van der Waals surface area contributed by atoms with Gasteiger partial charge in [0.1, 0.15) is 5.75 Å². The van der Waals surface area contributed by atoms with Crippen LogP contribution in [0.1, 0.15) is 30.1 Å². The van der Waals surface area contributed by atoms with E-state index in [1.54, 1.807) is 7.11 Å². The van der Waals surface area contributed by atoms with Crippen molar-refractivity contribution >= 4 is 0 Å². The van der Waals surface area contributed by atoms with Crippen LogP contribution in [0.2, 0.25) is 0 Å². The Bertz CT molecular complexity index is 542. The third-order valence-electron chi connectivity index (χ3n) is 3.64. The molecule has 0 spiro atoms. The van der Waals surface area contributed by atoms with Crippen molar-refractivity contribution in [3.05, 3.63) is 65.7 Å². The highest BCUT2D eigenvalue weighted by Crippen LogP contribution is 2.19. The molecule has 2 atom stereocenters. The van der Waals surface area contributed by atoms with E-state index in [0.717, 1.165) is 17.9 Å². The first-order valence-electron chi connectivity index (χ1n) is 7.28. The topological polar surface area (TPSA) is 41.5 Å². The first-order valence-corrected chi connectivity index (χ1v) is 7.28. The SMILES string of the molecule is COc1cccc([C@@H](O)CNC[C@@H](C)c2ccccc2)c1. The van der Waals surface area contributed by atoms with Gasteiger partial charge in [-0.05, 0) is 29.2 Å². The van der Waals surface area contributed by atoms with Gasteiger partial charge in [0, 0.05) is 13.1 Å². The molecule has 0 heterocycles. The Morgan fingerprint density at radius 2 is 1.71 bits per heavy atom. The first-order chi connectivity index (χ1) is 10.2. The van der Waals surface area contributed by atoms with Crippen molar-refractivity contribution in [1.82, 2.24) is 5.32 Å². The zero-order valence-corrected chi connectivity index (χ0v) is 12.6. The Labute approximate surface area is 126 Å². The van der Waals surface area contributed by atoms with E-state index in [1.165, 1.54) is 5.56 Å². The Morgan fingerprint density at radius 3 is 2.43 bits per heavy atom. The zero-order valence-electron chi connectivity index (χ0n) is 12.6. The molecule has 0 saturated heterocycles. The van der Waals surface area contributed by atoms with Gasteiger partial charge in [-0.15, -0.1) is 0 Å². The zero-order chi connectivity index (χ0) is 15.1. The molecule has 0 aliphatic rings. The number of ether oxygens (including phenoxy) is 1. The molecule has 2 N–H and O–H groups in total. The summed E-state index contributed by atoms with van der Waals surface area (Å²) in [5.74, 6) is 1.19. The lowest BCUT2D eigenvalue weighted by molar-refractivity contribution is 0.174. The van der Waals surface area contributed by atoms with Crippen molar-refractivity contribution in [1.29, 1.82) is 0 Å². The second-order valence-electron chi connectivity index (χ2n) is 5.26. The van der Waals surface area contributed by atoms with Crippen LogP contribution >= 0.6 is 0 Å². The predicted molar refractivity (Wildman–Crippen MR) is 85.7 cm³/mol. The highest BCUT2D eigenvalue weighted by Gasteiger charge is 2.10. The number of aliphatic hydroxyl groups excluding tert-OH is 1. The summed E-state index contributed by atoms with van der Waals surface area (Å²) in [5, 5.41) is 13.5. The maximum Gasteiger partial charge on any atom is 0.119 e. The fourth-order valence-electron chi connectivity index (χ4n) is 2.30. The highest BCUT2D eigenvalue weighted by atomic mass is 16.5. The fourth-order valence-corrected chi connectivity index (χ4v) is 2.30. The molecular formula is C18H23NO2. The standard InChI is InChI=1S/C18H23NO2/c1-14(15-7-4-3-5-8-15)12-19-13-18(20)16-9-6-10-17(11-16)21-2/h3-11,14,18-20H,12-13H2,1-2H3/t14-,18+/m1/s1. The van der Waals surface area contributed by atoms with Gasteiger partial charge in [0.15, 0.2) is 0 Å². The fraction of sp³-hybridized carbons (Fsp3) is 0.333. The molecule has 21 heavy (non-hydrogen) atoms. The average molecular weight is 285 g/mol. The van der Waals surface area contributed by atoms with Gasteiger partial charge >= 0.3 is 0 Å². The predicted octanol–water partition coefficient (Wildman–Crippen LogP) is 3.12. The van der Waals surface area contributed by atoms with Crippen molar-refractivity contribution in [2.75, 3.05) is 20.2 Å². The minimum atomic E-state index is -0.525. The van der Waals surface area contributed by atoms with E-state index in [1.807, 2.05) is 30.3 Å². The largest absolute Gasteiger partial charge is 0.497 e. The summed E-state index contributed by atoms with van der Waals surface area (Å²) in [6.45, 7) is 3.55. The van der Waals surface area contributed by atoms with Crippen LogP contribution in [0.3, 0.4) is 0 Å². The molecule has 0 aromatic heterocycles. The Morgan fingerprint density at radius 1 is 1.00 bits per heavy atom. The summed E-state index contributed by atoms with van der Waals surface area (Å²) in [4.78, 5) is 0. The van der Waals surface area contributed by atoms with Crippen LogP contribution in [0, 0.1) is 0 Å². The lowest BCUT2D eigenvalue weighted by Crippen LogP contribution is -2.25. The smallest absolute Gasteiger partial charge is 0.119 e. The van der Waals surface area contributed by atoms with Gasteiger partial charge in [-0.3, -0.25) is 0 Å². The molecule has 0 aliphatic heterocycles. The van der Waals surface area contributed by atoms with E-state index in [0.29, 0.717) is 12.5 Å². The number of rotatable bonds is 7. The van der Waals surface area contributed by atoms with Gasteiger partial charge in [-0.1, -0.05) is 49.4 Å². The number of benzene rings is 2. The van der Waals surface area contributed by atoms with Gasteiger partial charge in [-0.25, -0.2) is 0 Å². The van der Waals surface area contributed by atoms with E-state index < -0.39 is 6.10 Å². The van der Waals surface area contributed by atoms with E-state index >= 15 is 0 Å². The molecular weight excluding hydrogens is 262 g/mol. The Kier molecular flexibility index (Phi) is 5.78. The molecule has 0 fully saturated rings. The van der Waals surface area contributed by atoms with E-state index in [2.05, 4.69) is 36.5 Å². The average Bonchev–Trinajstić information content (AvgIpc) is 2.55. The summed E-state index contributed by atoms with van der Waals surface area (Å²) in [7, 11) is 1.63. The minimum absolute atomic E-state index is 0.420. The highest BCUT2D eigenvalue weighted by molar-refractivity contribution is 5.30. The minimum Gasteiger partial charge on any atom is -0.497 e. The first kappa shape index (κ1) is 15.5. The van der Waals surface area contributed by atoms with Gasteiger partial charge in [0.2, 0.25) is 0 Å². The van der Waals surface area contributed by atoms with Gasteiger partial charge < -0.3 is 15.2 Å². The summed E-state index contributed by atoms with van der Waals surface area (Å²) < 4.78 is 5.17. The van der Waals surface area contributed by atoms with E-state index in [4.69, 9.17) is 4.74 Å². The monoisotopic (exact) mass is 285 g/mol. The molecule has 3 heteroatoms. The molecule has 2 aromatic rings. The van der Waals surface area contributed by atoms with Gasteiger partial charge in [0.05, 0.1) is 13.2 Å². The molecule has 0 unspecified atom stereocenters. The lowest BCUT2D eigenvalue weighted by atomic mass is 10.0. The van der Waals surface area contributed by atoms with Crippen molar-refractivity contribution < 1.29 is 9.84 Å². The van der Waals surface area contributed by atoms with Crippen LogP contribution < -0.4 is 10.1 Å². The number of methoxy groups -OCH3 is 1. The van der Waals surface area contributed by atoms with E-state index in [-0.39, 0.29) is 0 Å². The van der Waals surface area contributed by atoms with Gasteiger partial charge in [0.25, 0.3) is 0 Å². The molecule has 2 aromatic carbocycles. The molecule has 0 bridgehead atoms. The Balaban J connectivity index is 1.82.